The largest absolute Gasteiger partial charge is 0.304 e. The van der Waals surface area contributed by atoms with Gasteiger partial charge in [-0.2, -0.15) is 0 Å². The molecular weight excluding hydrogens is 328 g/mol. The molecule has 0 spiro atoms. The van der Waals surface area contributed by atoms with Crippen LogP contribution in [0.25, 0.3) is 10.8 Å². The molecule has 0 radical (unpaired) electrons. The van der Waals surface area contributed by atoms with Gasteiger partial charge in [-0.3, -0.25) is 14.9 Å². The minimum atomic E-state index is -0.536. The van der Waals surface area contributed by atoms with Crippen LogP contribution in [0.2, 0.25) is 0 Å². The first-order valence-electron chi connectivity index (χ1n) is 8.30. The maximum Gasteiger partial charge on any atom is 0.279 e. The highest BCUT2D eigenvalue weighted by molar-refractivity contribution is 6.22. The van der Waals surface area contributed by atoms with Crippen LogP contribution in [0.5, 0.6) is 0 Å². The van der Waals surface area contributed by atoms with Crippen molar-refractivity contribution < 1.29 is 9.72 Å². The van der Waals surface area contributed by atoms with E-state index in [1.54, 1.807) is 32.0 Å². The third-order valence-corrected chi connectivity index (χ3v) is 4.36. The zero-order valence-corrected chi connectivity index (χ0v) is 14.5. The number of carbonyl (C=O) groups excluding carboxylic acids is 1. The van der Waals surface area contributed by atoms with Crippen LogP contribution in [-0.4, -0.2) is 16.4 Å². The Labute approximate surface area is 150 Å². The van der Waals surface area contributed by atoms with Crippen molar-refractivity contribution in [2.45, 2.75) is 13.8 Å². The van der Waals surface area contributed by atoms with Gasteiger partial charge >= 0.3 is 0 Å². The Kier molecular flexibility index (Phi) is 4.63. The van der Waals surface area contributed by atoms with Crippen LogP contribution in [0.1, 0.15) is 35.3 Å². The molecule has 26 heavy (non-hydrogen) atoms. The van der Waals surface area contributed by atoms with E-state index in [-0.39, 0.29) is 34.2 Å². The summed E-state index contributed by atoms with van der Waals surface area (Å²) in [7, 11) is 0. The predicted molar refractivity (Wildman–Crippen MR) is 102 cm³/mol. The maximum atomic E-state index is 13.3. The molecule has 0 aromatic heterocycles. The number of hydrogen-bond acceptors (Lipinski definition) is 4. The topological polar surface area (TPSA) is 84.1 Å². The molecule has 0 heterocycles. The molecule has 0 amide bonds. The van der Waals surface area contributed by atoms with Gasteiger partial charge in [-0.1, -0.05) is 62.4 Å². The number of benzene rings is 3. The van der Waals surface area contributed by atoms with Crippen molar-refractivity contribution in [1.29, 1.82) is 5.41 Å². The number of fused-ring (bicyclic) bond motifs is 1. The Morgan fingerprint density at radius 1 is 0.962 bits per heavy atom. The third-order valence-electron chi connectivity index (χ3n) is 4.36. The summed E-state index contributed by atoms with van der Waals surface area (Å²) in [6.07, 6.45) is 0. The normalized spacial score (nSPS) is 10.9. The molecule has 0 unspecified atom stereocenters. The number of rotatable bonds is 5. The van der Waals surface area contributed by atoms with Crippen molar-refractivity contribution in [1.82, 2.24) is 0 Å². The minimum Gasteiger partial charge on any atom is -0.304 e. The monoisotopic (exact) mass is 346 g/mol. The van der Waals surface area contributed by atoms with Crippen LogP contribution in [0.3, 0.4) is 0 Å². The Hall–Kier alpha value is -3.34. The molecule has 0 aliphatic carbocycles. The molecule has 0 saturated carbocycles. The summed E-state index contributed by atoms with van der Waals surface area (Å²) < 4.78 is 0. The summed E-state index contributed by atoms with van der Waals surface area (Å²) in [4.78, 5) is 24.2. The van der Waals surface area contributed by atoms with Crippen molar-refractivity contribution in [2.75, 3.05) is 0 Å². The Balaban J connectivity index is 2.26. The van der Waals surface area contributed by atoms with Gasteiger partial charge in [-0.05, 0) is 22.8 Å². The van der Waals surface area contributed by atoms with Gasteiger partial charge in [-0.25, -0.2) is 0 Å². The van der Waals surface area contributed by atoms with Crippen molar-refractivity contribution in [3.05, 3.63) is 87.5 Å². The highest BCUT2D eigenvalue weighted by atomic mass is 16.6. The van der Waals surface area contributed by atoms with E-state index in [1.807, 2.05) is 30.3 Å². The highest BCUT2D eigenvalue weighted by Crippen LogP contribution is 2.29. The first-order chi connectivity index (χ1) is 12.4. The van der Waals surface area contributed by atoms with Gasteiger partial charge in [0.05, 0.1) is 10.5 Å². The predicted octanol–water partition coefficient (Wildman–Crippen LogP) is 5.00. The number of hydrogen-bond donors (Lipinski definition) is 1. The molecule has 0 aliphatic rings. The highest BCUT2D eigenvalue weighted by Gasteiger charge is 2.27. The summed E-state index contributed by atoms with van der Waals surface area (Å²) in [6, 6.07) is 17.3. The lowest BCUT2D eigenvalue weighted by Crippen LogP contribution is -2.16. The third kappa shape index (κ3) is 2.99. The number of nitro benzene ring substituents is 1. The van der Waals surface area contributed by atoms with Gasteiger partial charge in [0.15, 0.2) is 5.78 Å². The fourth-order valence-electron chi connectivity index (χ4n) is 3.02. The van der Waals surface area contributed by atoms with Crippen molar-refractivity contribution in [3.63, 3.8) is 0 Å². The number of ketones is 1. The first kappa shape index (κ1) is 17.5. The lowest BCUT2D eigenvalue weighted by Gasteiger charge is -2.14. The molecule has 0 atom stereocenters. The van der Waals surface area contributed by atoms with Crippen LogP contribution in [-0.2, 0) is 0 Å². The number of nitro groups is 1. The van der Waals surface area contributed by atoms with Crippen LogP contribution in [0.4, 0.5) is 5.69 Å². The second-order valence-electron chi connectivity index (χ2n) is 6.38. The van der Waals surface area contributed by atoms with Crippen LogP contribution in [0.15, 0.2) is 60.7 Å². The average molecular weight is 346 g/mol. The van der Waals surface area contributed by atoms with E-state index < -0.39 is 4.92 Å². The molecule has 5 nitrogen and oxygen atoms in total. The Morgan fingerprint density at radius 2 is 1.58 bits per heavy atom. The second kappa shape index (κ2) is 6.88. The van der Waals surface area contributed by atoms with E-state index in [4.69, 9.17) is 5.41 Å². The van der Waals surface area contributed by atoms with Gasteiger partial charge in [-0.15, -0.1) is 0 Å². The lowest BCUT2D eigenvalue weighted by molar-refractivity contribution is -0.385. The van der Waals surface area contributed by atoms with Crippen LogP contribution < -0.4 is 0 Å². The van der Waals surface area contributed by atoms with E-state index in [1.165, 1.54) is 12.1 Å². The standard InChI is InChI=1S/C21H18N2O3/c1-13(2)20(22)19-17(11-6-12-18(19)23(25)26)21(24)16-10-5-8-14-7-3-4-9-15(14)16/h3-13,22H,1-2H3. The van der Waals surface area contributed by atoms with Gasteiger partial charge < -0.3 is 5.41 Å². The molecule has 0 aliphatic heterocycles. The van der Waals surface area contributed by atoms with Gasteiger partial charge in [0.2, 0.25) is 0 Å². The summed E-state index contributed by atoms with van der Waals surface area (Å²) in [5.74, 6) is -0.555. The van der Waals surface area contributed by atoms with Crippen molar-refractivity contribution in [3.8, 4) is 0 Å². The van der Waals surface area contributed by atoms with E-state index >= 15 is 0 Å². The smallest absolute Gasteiger partial charge is 0.279 e. The lowest BCUT2D eigenvalue weighted by atomic mass is 9.89. The van der Waals surface area contributed by atoms with Crippen LogP contribution in [0, 0.1) is 21.4 Å². The molecule has 130 valence electrons. The zero-order chi connectivity index (χ0) is 18.8. The van der Waals surface area contributed by atoms with Gasteiger partial charge in [0.1, 0.15) is 0 Å². The Bertz CT molecular complexity index is 1030. The molecule has 1 N–H and O–H groups in total. The summed E-state index contributed by atoms with van der Waals surface area (Å²) in [5, 5.41) is 21.5. The van der Waals surface area contributed by atoms with Gasteiger partial charge in [0.25, 0.3) is 5.69 Å². The minimum absolute atomic E-state index is 0.0842. The number of nitrogens with zero attached hydrogens (tertiary/aromatic N) is 1. The molecule has 3 aromatic rings. The van der Waals surface area contributed by atoms with E-state index in [9.17, 15) is 14.9 Å². The SMILES string of the molecule is CC(C)C(=N)c1c(C(=O)c2cccc3ccccc23)cccc1[N+](=O)[O-]. The van der Waals surface area contributed by atoms with Crippen molar-refractivity contribution in [2.24, 2.45) is 5.92 Å². The summed E-state index contributed by atoms with van der Waals surface area (Å²) in [6.45, 7) is 3.57. The molecule has 0 fully saturated rings. The molecule has 0 saturated heterocycles. The summed E-state index contributed by atoms with van der Waals surface area (Å²) >= 11 is 0. The quantitative estimate of drug-likeness (QED) is 0.305. The summed E-state index contributed by atoms with van der Waals surface area (Å²) in [5.41, 5.74) is 0.636. The van der Waals surface area contributed by atoms with Crippen molar-refractivity contribution >= 4 is 28.0 Å². The molecule has 3 aromatic carbocycles. The molecule has 0 bridgehead atoms. The molecule has 5 heteroatoms. The fraction of sp³-hybridized carbons (Fsp3) is 0.143. The number of nitrogens with one attached hydrogen (secondary N) is 1. The van der Waals surface area contributed by atoms with E-state index in [0.29, 0.717) is 5.56 Å². The average Bonchev–Trinajstić information content (AvgIpc) is 2.65. The fourth-order valence-corrected chi connectivity index (χ4v) is 3.02. The maximum absolute atomic E-state index is 13.3. The molecule has 3 rings (SSSR count). The second-order valence-corrected chi connectivity index (χ2v) is 6.38. The van der Waals surface area contributed by atoms with E-state index in [0.717, 1.165) is 10.8 Å². The zero-order valence-electron chi connectivity index (χ0n) is 14.5. The first-order valence-corrected chi connectivity index (χ1v) is 8.30. The van der Waals surface area contributed by atoms with Crippen LogP contribution >= 0.6 is 0 Å². The number of carbonyl (C=O) groups is 1. The van der Waals surface area contributed by atoms with Gasteiger partial charge in [0, 0.05) is 22.9 Å². The Morgan fingerprint density at radius 3 is 2.27 bits per heavy atom. The molecular formula is C21H18N2O3. The van der Waals surface area contributed by atoms with E-state index in [2.05, 4.69) is 0 Å².